The number of nitrogens with one attached hydrogen (secondary N) is 1. The van der Waals surface area contributed by atoms with Gasteiger partial charge in [-0.2, -0.15) is 13.2 Å². The van der Waals surface area contributed by atoms with E-state index in [2.05, 4.69) is 28.4 Å². The molecule has 0 bridgehead atoms. The van der Waals surface area contributed by atoms with Gasteiger partial charge in [-0.25, -0.2) is 0 Å². The van der Waals surface area contributed by atoms with Crippen molar-refractivity contribution < 1.29 is 13.2 Å². The van der Waals surface area contributed by atoms with Crippen LogP contribution in [0.2, 0.25) is 0 Å². The Labute approximate surface area is 198 Å². The summed E-state index contributed by atoms with van der Waals surface area (Å²) >= 11 is 1.51. The molecule has 3 N–H and O–H groups in total. The van der Waals surface area contributed by atoms with Crippen LogP contribution in [0.4, 0.5) is 18.9 Å². The van der Waals surface area contributed by atoms with Crippen LogP contribution in [-0.2, 0) is 12.6 Å². The van der Waals surface area contributed by atoms with E-state index >= 15 is 0 Å². The molecule has 3 aliphatic rings. The fourth-order valence-electron chi connectivity index (χ4n) is 5.55. The second-order valence-corrected chi connectivity index (χ2v) is 10.8. The molecule has 0 radical (unpaired) electrons. The number of alkyl halides is 3. The average molecular weight is 476 g/mol. The molecule has 0 atom stereocenters. The molecule has 1 aliphatic carbocycles. The zero-order valence-corrected chi connectivity index (χ0v) is 19.7. The number of rotatable bonds is 5. The third kappa shape index (κ3) is 5.05. The van der Waals surface area contributed by atoms with E-state index in [0.29, 0.717) is 24.6 Å². The molecule has 1 saturated heterocycles. The van der Waals surface area contributed by atoms with Gasteiger partial charge in [0.25, 0.3) is 0 Å². The Bertz CT molecular complexity index is 993. The van der Waals surface area contributed by atoms with Crippen LogP contribution in [0.3, 0.4) is 0 Å². The highest BCUT2D eigenvalue weighted by atomic mass is 32.2. The highest BCUT2D eigenvalue weighted by Gasteiger charge is 2.34. The Balaban J connectivity index is 1.42. The third-order valence-electron chi connectivity index (χ3n) is 7.43. The van der Waals surface area contributed by atoms with Crippen LogP contribution in [0.5, 0.6) is 0 Å². The van der Waals surface area contributed by atoms with Gasteiger partial charge in [-0.15, -0.1) is 0 Å². The molecule has 5 rings (SSSR count). The number of halogens is 3. The molecule has 0 unspecified atom stereocenters. The molecular formula is C26H32F3N3S. The monoisotopic (exact) mass is 475 g/mol. The summed E-state index contributed by atoms with van der Waals surface area (Å²) in [6.07, 6.45) is 3.13. The summed E-state index contributed by atoms with van der Waals surface area (Å²) in [6.45, 7) is 3.37. The fraction of sp³-hybridized carbons (Fsp3) is 0.538. The van der Waals surface area contributed by atoms with Crippen molar-refractivity contribution in [2.45, 2.75) is 72.9 Å². The zero-order valence-electron chi connectivity index (χ0n) is 18.9. The van der Waals surface area contributed by atoms with Crippen LogP contribution < -0.4 is 11.1 Å². The summed E-state index contributed by atoms with van der Waals surface area (Å²) in [5, 5.41) is 3.50. The fourth-order valence-corrected chi connectivity index (χ4v) is 6.74. The van der Waals surface area contributed by atoms with Crippen molar-refractivity contribution in [3.63, 3.8) is 0 Å². The van der Waals surface area contributed by atoms with Crippen LogP contribution >= 0.6 is 11.8 Å². The lowest BCUT2D eigenvalue weighted by Gasteiger charge is -2.34. The number of benzene rings is 2. The predicted octanol–water partition coefficient (Wildman–Crippen LogP) is 6.25. The van der Waals surface area contributed by atoms with Gasteiger partial charge >= 0.3 is 6.18 Å². The Morgan fingerprint density at radius 2 is 1.76 bits per heavy atom. The summed E-state index contributed by atoms with van der Waals surface area (Å²) in [5.41, 5.74) is 9.31. The molecule has 0 aromatic heterocycles. The SMILES string of the molecule is NCCN1CCC(Nc2cc(C(F)(F)F)cc3c2Cc2ccc(C4CCCC4)cc2S3)CC1. The Kier molecular flexibility index (Phi) is 6.65. The number of nitrogens with two attached hydrogens (primary N) is 1. The Morgan fingerprint density at radius 1 is 1.00 bits per heavy atom. The van der Waals surface area contributed by atoms with Gasteiger partial charge in [-0.3, -0.25) is 0 Å². The molecule has 33 heavy (non-hydrogen) atoms. The molecule has 0 amide bonds. The first-order valence-electron chi connectivity index (χ1n) is 12.1. The minimum atomic E-state index is -4.36. The molecule has 7 heteroatoms. The van der Waals surface area contributed by atoms with E-state index in [-0.39, 0.29) is 6.04 Å². The van der Waals surface area contributed by atoms with E-state index in [1.165, 1.54) is 60.7 Å². The van der Waals surface area contributed by atoms with E-state index in [4.69, 9.17) is 5.73 Å². The van der Waals surface area contributed by atoms with Gasteiger partial charge < -0.3 is 16.0 Å². The van der Waals surface area contributed by atoms with Gasteiger partial charge in [0, 0.05) is 54.1 Å². The first-order chi connectivity index (χ1) is 15.9. The summed E-state index contributed by atoms with van der Waals surface area (Å²) < 4.78 is 41.3. The highest BCUT2D eigenvalue weighted by Crippen LogP contribution is 2.47. The van der Waals surface area contributed by atoms with E-state index in [9.17, 15) is 13.2 Å². The smallest absolute Gasteiger partial charge is 0.382 e. The number of hydrogen-bond donors (Lipinski definition) is 2. The van der Waals surface area contributed by atoms with Crippen LogP contribution in [0, 0.1) is 0 Å². The summed E-state index contributed by atoms with van der Waals surface area (Å²) in [4.78, 5) is 4.18. The molecule has 1 saturated carbocycles. The molecule has 2 aromatic rings. The van der Waals surface area contributed by atoms with Crippen molar-refractivity contribution in [1.29, 1.82) is 0 Å². The van der Waals surface area contributed by atoms with Crippen molar-refractivity contribution in [3.05, 3.63) is 52.6 Å². The first kappa shape index (κ1) is 23.1. The second kappa shape index (κ2) is 9.51. The van der Waals surface area contributed by atoms with E-state index in [1.54, 1.807) is 0 Å². The summed E-state index contributed by atoms with van der Waals surface area (Å²) in [5.74, 6) is 0.598. The second-order valence-electron chi connectivity index (χ2n) is 9.67. The van der Waals surface area contributed by atoms with Crippen molar-refractivity contribution in [3.8, 4) is 0 Å². The third-order valence-corrected chi connectivity index (χ3v) is 8.62. The Morgan fingerprint density at radius 3 is 2.45 bits per heavy atom. The van der Waals surface area contributed by atoms with Crippen LogP contribution in [0.1, 0.15) is 66.7 Å². The maximum atomic E-state index is 13.8. The molecular weight excluding hydrogens is 443 g/mol. The number of fused-ring (bicyclic) bond motifs is 2. The zero-order chi connectivity index (χ0) is 23.0. The van der Waals surface area contributed by atoms with Crippen molar-refractivity contribution in [2.24, 2.45) is 5.73 Å². The number of hydrogen-bond acceptors (Lipinski definition) is 4. The summed E-state index contributed by atoms with van der Waals surface area (Å²) in [7, 11) is 0. The number of piperidine rings is 1. The lowest BCUT2D eigenvalue weighted by molar-refractivity contribution is -0.137. The predicted molar refractivity (Wildman–Crippen MR) is 128 cm³/mol. The maximum absolute atomic E-state index is 13.8. The van der Waals surface area contributed by atoms with Crippen LogP contribution in [-0.4, -0.2) is 37.1 Å². The first-order valence-corrected chi connectivity index (χ1v) is 13.0. The molecule has 2 fully saturated rings. The van der Waals surface area contributed by atoms with Gasteiger partial charge in [0.1, 0.15) is 0 Å². The summed E-state index contributed by atoms with van der Waals surface area (Å²) in [6, 6.07) is 9.53. The van der Waals surface area contributed by atoms with Crippen molar-refractivity contribution in [1.82, 2.24) is 4.90 Å². The Hall–Kier alpha value is -1.70. The van der Waals surface area contributed by atoms with Crippen LogP contribution in [0.15, 0.2) is 40.1 Å². The van der Waals surface area contributed by atoms with Crippen LogP contribution in [0.25, 0.3) is 0 Å². The van der Waals surface area contributed by atoms with E-state index in [1.807, 2.05) is 0 Å². The number of anilines is 1. The standard InChI is InChI=1S/C26H32F3N3S/c27-26(28,29)20-15-23(31-21-7-10-32(11-8-21)12-9-30)22-13-19-6-5-18(17-3-1-2-4-17)14-24(19)33-25(22)16-20/h5-6,14-17,21,31H,1-4,7-13,30H2. The average Bonchev–Trinajstić information content (AvgIpc) is 3.33. The topological polar surface area (TPSA) is 41.3 Å². The van der Waals surface area contributed by atoms with Crippen molar-refractivity contribution in [2.75, 3.05) is 31.5 Å². The van der Waals surface area contributed by atoms with Gasteiger partial charge in [0.05, 0.1) is 5.56 Å². The molecule has 2 aromatic carbocycles. The number of nitrogens with zero attached hydrogens (tertiary/aromatic N) is 1. The van der Waals surface area contributed by atoms with E-state index < -0.39 is 11.7 Å². The molecule has 2 aliphatic heterocycles. The molecule has 0 spiro atoms. The van der Waals surface area contributed by atoms with Gasteiger partial charge in [0.2, 0.25) is 0 Å². The van der Waals surface area contributed by atoms with Gasteiger partial charge in [0.15, 0.2) is 0 Å². The van der Waals surface area contributed by atoms with E-state index in [0.717, 1.165) is 47.8 Å². The normalized spacial score (nSPS) is 20.0. The largest absolute Gasteiger partial charge is 0.416 e. The molecule has 3 nitrogen and oxygen atoms in total. The number of likely N-dealkylation sites (tertiary alicyclic amines) is 1. The van der Waals surface area contributed by atoms with Gasteiger partial charge in [-0.05, 0) is 66.5 Å². The molecule has 178 valence electrons. The lowest BCUT2D eigenvalue weighted by atomic mass is 9.94. The minimum Gasteiger partial charge on any atom is -0.382 e. The maximum Gasteiger partial charge on any atom is 0.416 e. The lowest BCUT2D eigenvalue weighted by Crippen LogP contribution is -2.41. The van der Waals surface area contributed by atoms with Gasteiger partial charge in [-0.1, -0.05) is 36.7 Å². The minimum absolute atomic E-state index is 0.183. The highest BCUT2D eigenvalue weighted by molar-refractivity contribution is 7.99. The molecule has 2 heterocycles. The van der Waals surface area contributed by atoms with Crippen molar-refractivity contribution >= 4 is 17.4 Å². The quantitative estimate of drug-likeness (QED) is 0.457.